The average Bonchev–Trinajstić information content (AvgIpc) is 3.05. The molecule has 2 unspecified atom stereocenters. The Morgan fingerprint density at radius 1 is 1.16 bits per heavy atom. The van der Waals surface area contributed by atoms with Crippen molar-refractivity contribution >= 4 is 23.4 Å². The third-order valence-corrected chi connectivity index (χ3v) is 6.71. The van der Waals surface area contributed by atoms with Gasteiger partial charge in [0.2, 0.25) is 17.7 Å². The molecule has 1 heterocycles. The Morgan fingerprint density at radius 2 is 1.84 bits per heavy atom. The molecule has 0 spiro atoms. The molecule has 1 saturated heterocycles. The van der Waals surface area contributed by atoms with E-state index in [9.17, 15) is 14.4 Å². The molecule has 3 amide bonds. The van der Waals surface area contributed by atoms with Crippen LogP contribution in [0.4, 0.5) is 5.69 Å². The topological polar surface area (TPSA) is 98.7 Å². The fraction of sp³-hybridized carbons (Fsp3) is 0.625. The van der Waals surface area contributed by atoms with Gasteiger partial charge in [0, 0.05) is 18.7 Å². The third kappa shape index (κ3) is 5.45. The summed E-state index contributed by atoms with van der Waals surface area (Å²) in [6, 6.07) is 8.78. The highest BCUT2D eigenvalue weighted by molar-refractivity contribution is 5.99. The maximum absolute atomic E-state index is 13.7. The molecular weight excluding hydrogens is 394 g/mol. The van der Waals surface area contributed by atoms with Crippen LogP contribution in [0.15, 0.2) is 30.3 Å². The number of hydrogen-bond acceptors (Lipinski definition) is 4. The van der Waals surface area contributed by atoms with E-state index in [1.54, 1.807) is 10.4 Å². The van der Waals surface area contributed by atoms with Gasteiger partial charge in [-0.25, -0.2) is 5.48 Å². The third-order valence-electron chi connectivity index (χ3n) is 6.71. The Morgan fingerprint density at radius 3 is 2.45 bits per heavy atom. The molecule has 0 radical (unpaired) electrons. The van der Waals surface area contributed by atoms with Gasteiger partial charge in [0.05, 0.1) is 5.41 Å². The number of nitrogens with one attached hydrogen (secondary N) is 2. The summed E-state index contributed by atoms with van der Waals surface area (Å²) < 4.78 is 0. The van der Waals surface area contributed by atoms with Crippen molar-refractivity contribution in [2.45, 2.75) is 71.3 Å². The van der Waals surface area contributed by atoms with E-state index >= 15 is 0 Å². The summed E-state index contributed by atoms with van der Waals surface area (Å²) in [5.74, 6) is -0.523. The lowest BCUT2D eigenvalue weighted by molar-refractivity contribution is -0.147. The molecule has 1 aliphatic heterocycles. The number of anilines is 1. The molecule has 2 atom stereocenters. The molecule has 1 aromatic carbocycles. The van der Waals surface area contributed by atoms with E-state index < -0.39 is 17.4 Å². The van der Waals surface area contributed by atoms with Crippen molar-refractivity contribution in [3.8, 4) is 0 Å². The molecule has 170 valence electrons. The second-order valence-corrected chi connectivity index (χ2v) is 9.54. The highest BCUT2D eigenvalue weighted by Crippen LogP contribution is 2.44. The minimum atomic E-state index is -0.874. The predicted molar refractivity (Wildman–Crippen MR) is 118 cm³/mol. The summed E-state index contributed by atoms with van der Waals surface area (Å²) in [5, 5.41) is 12.1. The predicted octanol–water partition coefficient (Wildman–Crippen LogP) is 3.73. The van der Waals surface area contributed by atoms with Crippen LogP contribution < -0.4 is 10.8 Å². The van der Waals surface area contributed by atoms with Crippen molar-refractivity contribution in [2.24, 2.45) is 17.3 Å². The lowest BCUT2D eigenvalue weighted by atomic mass is 9.75. The molecule has 7 nitrogen and oxygen atoms in total. The van der Waals surface area contributed by atoms with Crippen molar-refractivity contribution < 1.29 is 19.6 Å². The minimum absolute atomic E-state index is 0.0608. The van der Waals surface area contributed by atoms with E-state index in [0.717, 1.165) is 32.1 Å². The van der Waals surface area contributed by atoms with Gasteiger partial charge in [0.1, 0.15) is 6.04 Å². The van der Waals surface area contributed by atoms with Crippen LogP contribution in [0.2, 0.25) is 0 Å². The summed E-state index contributed by atoms with van der Waals surface area (Å²) >= 11 is 0. The van der Waals surface area contributed by atoms with Gasteiger partial charge in [-0.2, -0.15) is 0 Å². The zero-order valence-corrected chi connectivity index (χ0v) is 18.6. The summed E-state index contributed by atoms with van der Waals surface area (Å²) in [7, 11) is 0. The first-order chi connectivity index (χ1) is 14.9. The van der Waals surface area contributed by atoms with Crippen LogP contribution in [0, 0.1) is 17.3 Å². The second-order valence-electron chi connectivity index (χ2n) is 9.54. The van der Waals surface area contributed by atoms with Gasteiger partial charge in [0.15, 0.2) is 0 Å². The lowest BCUT2D eigenvalue weighted by Crippen LogP contribution is -2.52. The van der Waals surface area contributed by atoms with Crippen molar-refractivity contribution in [1.29, 1.82) is 0 Å². The molecule has 3 rings (SSSR count). The Labute approximate surface area is 184 Å². The Bertz CT molecular complexity index is 776. The van der Waals surface area contributed by atoms with Crippen LogP contribution in [0.5, 0.6) is 0 Å². The Balaban J connectivity index is 1.88. The van der Waals surface area contributed by atoms with Gasteiger partial charge in [-0.1, -0.05) is 51.3 Å². The van der Waals surface area contributed by atoms with E-state index in [1.165, 1.54) is 0 Å². The molecule has 1 saturated carbocycles. The van der Waals surface area contributed by atoms with Crippen LogP contribution in [0.25, 0.3) is 0 Å². The normalized spacial score (nSPS) is 23.1. The fourth-order valence-electron chi connectivity index (χ4n) is 5.46. The molecule has 31 heavy (non-hydrogen) atoms. The summed E-state index contributed by atoms with van der Waals surface area (Å²) in [4.78, 5) is 40.9. The van der Waals surface area contributed by atoms with E-state index in [1.807, 2.05) is 44.2 Å². The van der Waals surface area contributed by atoms with E-state index in [-0.39, 0.29) is 30.1 Å². The SMILES string of the molecule is CC(C)CC1(CC(=O)NO)CCN(C(C(=O)Nc2ccccc2)C2CCCCC2)C1=O. The maximum Gasteiger partial charge on any atom is 0.247 e. The summed E-state index contributed by atoms with van der Waals surface area (Å²) in [6.07, 6.45) is 6.13. The number of para-hydroxylation sites is 1. The first-order valence-corrected chi connectivity index (χ1v) is 11.5. The zero-order valence-electron chi connectivity index (χ0n) is 18.6. The smallest absolute Gasteiger partial charge is 0.247 e. The number of carbonyl (C=O) groups is 3. The summed E-state index contributed by atoms with van der Waals surface area (Å²) in [5.41, 5.74) is 1.53. The van der Waals surface area contributed by atoms with Crippen molar-refractivity contribution in [1.82, 2.24) is 10.4 Å². The molecule has 2 fully saturated rings. The van der Waals surface area contributed by atoms with Crippen LogP contribution in [-0.2, 0) is 14.4 Å². The van der Waals surface area contributed by atoms with Gasteiger partial charge >= 0.3 is 0 Å². The van der Waals surface area contributed by atoms with Gasteiger partial charge < -0.3 is 10.2 Å². The van der Waals surface area contributed by atoms with Crippen molar-refractivity contribution in [3.63, 3.8) is 0 Å². The molecule has 1 aromatic rings. The molecule has 1 aliphatic carbocycles. The number of hydrogen-bond donors (Lipinski definition) is 3. The van der Waals surface area contributed by atoms with Gasteiger partial charge in [0.25, 0.3) is 0 Å². The number of benzene rings is 1. The summed E-state index contributed by atoms with van der Waals surface area (Å²) in [6.45, 7) is 4.50. The quantitative estimate of drug-likeness (QED) is 0.433. The Kier molecular flexibility index (Phi) is 7.70. The number of amides is 3. The molecule has 0 bridgehead atoms. The Hall–Kier alpha value is -2.41. The molecule has 7 heteroatoms. The van der Waals surface area contributed by atoms with E-state index in [2.05, 4.69) is 5.32 Å². The lowest BCUT2D eigenvalue weighted by Gasteiger charge is -2.37. The molecule has 3 N–H and O–H groups in total. The van der Waals surface area contributed by atoms with E-state index in [4.69, 9.17) is 5.21 Å². The molecule has 0 aromatic heterocycles. The second kappa shape index (κ2) is 10.3. The van der Waals surface area contributed by atoms with Gasteiger partial charge in [-0.15, -0.1) is 0 Å². The number of rotatable bonds is 8. The standard InChI is InChI=1S/C24H35N3O4/c1-17(2)15-24(16-20(28)26-31)13-14-27(23(24)30)21(18-9-5-3-6-10-18)22(29)25-19-11-7-4-8-12-19/h4,7-8,11-12,17-18,21,31H,3,5-6,9-10,13-16H2,1-2H3,(H,25,29)(H,26,28). The monoisotopic (exact) mass is 429 g/mol. The van der Waals surface area contributed by atoms with Crippen LogP contribution >= 0.6 is 0 Å². The fourth-order valence-corrected chi connectivity index (χ4v) is 5.46. The van der Waals surface area contributed by atoms with Crippen LogP contribution in [0.1, 0.15) is 65.2 Å². The first-order valence-electron chi connectivity index (χ1n) is 11.5. The number of nitrogens with zero attached hydrogens (tertiary/aromatic N) is 1. The zero-order chi connectivity index (χ0) is 22.4. The van der Waals surface area contributed by atoms with Gasteiger partial charge in [-0.3, -0.25) is 19.6 Å². The number of carbonyl (C=O) groups excluding carboxylic acids is 3. The van der Waals surface area contributed by atoms with Crippen molar-refractivity contribution in [3.05, 3.63) is 30.3 Å². The first kappa shape index (κ1) is 23.3. The number of likely N-dealkylation sites (tertiary alicyclic amines) is 1. The molecule has 2 aliphatic rings. The number of hydroxylamine groups is 1. The van der Waals surface area contributed by atoms with Crippen LogP contribution in [0.3, 0.4) is 0 Å². The van der Waals surface area contributed by atoms with E-state index in [0.29, 0.717) is 25.1 Å². The van der Waals surface area contributed by atoms with Gasteiger partial charge in [-0.05, 0) is 49.7 Å². The van der Waals surface area contributed by atoms with Crippen LogP contribution in [-0.4, -0.2) is 40.4 Å². The molecular formula is C24H35N3O4. The minimum Gasteiger partial charge on any atom is -0.330 e. The average molecular weight is 430 g/mol. The highest BCUT2D eigenvalue weighted by Gasteiger charge is 2.52. The highest BCUT2D eigenvalue weighted by atomic mass is 16.5. The maximum atomic E-state index is 13.7. The van der Waals surface area contributed by atoms with Crippen molar-refractivity contribution in [2.75, 3.05) is 11.9 Å². The largest absolute Gasteiger partial charge is 0.330 e.